The van der Waals surface area contributed by atoms with Crippen molar-refractivity contribution < 1.29 is 9.90 Å². The van der Waals surface area contributed by atoms with Crippen molar-refractivity contribution in [1.82, 2.24) is 9.88 Å². The van der Waals surface area contributed by atoms with Crippen molar-refractivity contribution in [3.63, 3.8) is 0 Å². The molecule has 0 aliphatic carbocycles. The monoisotopic (exact) mass is 339 g/mol. The molecule has 1 aliphatic heterocycles. The van der Waals surface area contributed by atoms with Gasteiger partial charge >= 0.3 is 0 Å². The highest BCUT2D eigenvalue weighted by Crippen LogP contribution is 2.19. The molecule has 1 aromatic carbocycles. The minimum Gasteiger partial charge on any atom is -0.385 e. The zero-order valence-corrected chi connectivity index (χ0v) is 14.9. The lowest BCUT2D eigenvalue weighted by molar-refractivity contribution is 0.101. The normalized spacial score (nSPS) is 16.7. The SMILES string of the molecule is CC(=O)c1ccc(C(O)CN2CCN(c3ccc(C)cc3)CC2)nc1. The van der Waals surface area contributed by atoms with E-state index in [1.54, 1.807) is 12.1 Å². The first-order chi connectivity index (χ1) is 12.0. The van der Waals surface area contributed by atoms with Gasteiger partial charge in [0.1, 0.15) is 6.10 Å². The number of carbonyl (C=O) groups is 1. The van der Waals surface area contributed by atoms with E-state index in [1.165, 1.54) is 24.4 Å². The average molecular weight is 339 g/mol. The number of hydrogen-bond acceptors (Lipinski definition) is 5. The van der Waals surface area contributed by atoms with E-state index in [9.17, 15) is 9.90 Å². The number of hydrogen-bond donors (Lipinski definition) is 1. The van der Waals surface area contributed by atoms with Crippen molar-refractivity contribution in [2.45, 2.75) is 20.0 Å². The molecular weight excluding hydrogens is 314 g/mol. The van der Waals surface area contributed by atoms with E-state index < -0.39 is 6.10 Å². The van der Waals surface area contributed by atoms with Crippen LogP contribution in [0, 0.1) is 6.92 Å². The third-order valence-corrected chi connectivity index (χ3v) is 4.74. The molecule has 25 heavy (non-hydrogen) atoms. The fraction of sp³-hybridized carbons (Fsp3) is 0.400. The number of aliphatic hydroxyl groups excluding tert-OH is 1. The molecule has 0 radical (unpaired) electrons. The van der Waals surface area contributed by atoms with Crippen molar-refractivity contribution >= 4 is 11.5 Å². The Balaban J connectivity index is 1.53. The number of carbonyl (C=O) groups excluding carboxylic acids is 1. The van der Waals surface area contributed by atoms with Crippen LogP contribution in [0.3, 0.4) is 0 Å². The second-order valence-corrected chi connectivity index (χ2v) is 6.67. The zero-order chi connectivity index (χ0) is 17.8. The van der Waals surface area contributed by atoms with Crippen LogP contribution in [0.1, 0.15) is 34.6 Å². The molecule has 0 saturated carbocycles. The van der Waals surface area contributed by atoms with Gasteiger partial charge in [-0.05, 0) is 38.1 Å². The number of rotatable bonds is 5. The predicted molar refractivity (Wildman–Crippen MR) is 99.0 cm³/mol. The standard InChI is InChI=1S/C20H25N3O2/c1-15-3-6-18(7-4-15)23-11-9-22(10-12-23)14-20(25)19-8-5-17(13-21-19)16(2)24/h3-8,13,20,25H,9-12,14H2,1-2H3. The van der Waals surface area contributed by atoms with Crippen LogP contribution >= 0.6 is 0 Å². The Morgan fingerprint density at radius 2 is 1.80 bits per heavy atom. The van der Waals surface area contributed by atoms with E-state index in [2.05, 4.69) is 46.0 Å². The lowest BCUT2D eigenvalue weighted by Crippen LogP contribution is -2.47. The molecular formula is C20H25N3O2. The summed E-state index contributed by atoms with van der Waals surface area (Å²) in [6, 6.07) is 12.1. The quantitative estimate of drug-likeness (QED) is 0.848. The number of ketones is 1. The molecule has 1 fully saturated rings. The summed E-state index contributed by atoms with van der Waals surface area (Å²) in [5.74, 6) is -0.0132. The second-order valence-electron chi connectivity index (χ2n) is 6.67. The van der Waals surface area contributed by atoms with Crippen LogP contribution in [0.25, 0.3) is 0 Å². The fourth-order valence-electron chi connectivity index (χ4n) is 3.09. The largest absolute Gasteiger partial charge is 0.385 e. The Hall–Kier alpha value is -2.24. The summed E-state index contributed by atoms with van der Waals surface area (Å²) in [4.78, 5) is 20.2. The van der Waals surface area contributed by atoms with Crippen molar-refractivity contribution in [2.24, 2.45) is 0 Å². The molecule has 1 aliphatic rings. The summed E-state index contributed by atoms with van der Waals surface area (Å²) in [5.41, 5.74) is 3.72. The molecule has 1 N–H and O–H groups in total. The van der Waals surface area contributed by atoms with Gasteiger partial charge in [-0.2, -0.15) is 0 Å². The maximum absolute atomic E-state index is 11.3. The lowest BCUT2D eigenvalue weighted by atomic mass is 10.1. The molecule has 5 nitrogen and oxygen atoms in total. The number of aliphatic hydroxyl groups is 1. The van der Waals surface area contributed by atoms with Crippen molar-refractivity contribution in [2.75, 3.05) is 37.6 Å². The highest BCUT2D eigenvalue weighted by molar-refractivity contribution is 5.93. The van der Waals surface area contributed by atoms with E-state index in [0.29, 0.717) is 17.8 Å². The second kappa shape index (κ2) is 7.76. The van der Waals surface area contributed by atoms with Crippen LogP contribution in [0.2, 0.25) is 0 Å². The van der Waals surface area contributed by atoms with Crippen molar-refractivity contribution in [3.05, 3.63) is 59.4 Å². The number of aryl methyl sites for hydroxylation is 1. The average Bonchev–Trinajstić information content (AvgIpc) is 2.63. The third kappa shape index (κ3) is 4.44. The number of pyridine rings is 1. The summed E-state index contributed by atoms with van der Waals surface area (Å²) in [6.07, 6.45) is 0.905. The number of β-amino-alcohol motifs (C(OH)–C–C–N with tert-alkyl or cyclic N) is 1. The molecule has 1 saturated heterocycles. The molecule has 0 bridgehead atoms. The van der Waals surface area contributed by atoms with E-state index in [4.69, 9.17) is 0 Å². The van der Waals surface area contributed by atoms with E-state index in [1.807, 2.05) is 0 Å². The Bertz CT molecular complexity index is 705. The van der Waals surface area contributed by atoms with E-state index in [-0.39, 0.29) is 5.78 Å². The van der Waals surface area contributed by atoms with Gasteiger partial charge in [0, 0.05) is 50.2 Å². The lowest BCUT2D eigenvalue weighted by Gasteiger charge is -2.36. The third-order valence-electron chi connectivity index (χ3n) is 4.74. The first-order valence-corrected chi connectivity index (χ1v) is 8.72. The number of piperazine rings is 1. The summed E-state index contributed by atoms with van der Waals surface area (Å²) in [7, 11) is 0. The molecule has 0 amide bonds. The van der Waals surface area contributed by atoms with Crippen molar-refractivity contribution in [1.29, 1.82) is 0 Å². The molecule has 1 aromatic heterocycles. The highest BCUT2D eigenvalue weighted by atomic mass is 16.3. The van der Waals surface area contributed by atoms with Crippen LogP contribution in [-0.4, -0.2) is 53.5 Å². The van der Waals surface area contributed by atoms with Crippen LogP contribution in [-0.2, 0) is 0 Å². The Morgan fingerprint density at radius 1 is 1.12 bits per heavy atom. The molecule has 2 aromatic rings. The smallest absolute Gasteiger partial charge is 0.161 e. The summed E-state index contributed by atoms with van der Waals surface area (Å²) < 4.78 is 0. The number of anilines is 1. The van der Waals surface area contributed by atoms with Gasteiger partial charge in [-0.25, -0.2) is 0 Å². The Kier molecular flexibility index (Phi) is 5.46. The maximum atomic E-state index is 11.3. The van der Waals surface area contributed by atoms with E-state index >= 15 is 0 Å². The summed E-state index contributed by atoms with van der Waals surface area (Å²) in [6.45, 7) is 7.90. The van der Waals surface area contributed by atoms with Gasteiger partial charge < -0.3 is 10.0 Å². The molecule has 5 heteroatoms. The molecule has 1 unspecified atom stereocenters. The Morgan fingerprint density at radius 3 is 2.36 bits per heavy atom. The first-order valence-electron chi connectivity index (χ1n) is 8.72. The van der Waals surface area contributed by atoms with Gasteiger partial charge in [0.05, 0.1) is 5.69 Å². The number of Topliss-reactive ketones (excluding diaryl/α,β-unsaturated/α-hetero) is 1. The maximum Gasteiger partial charge on any atom is 0.161 e. The van der Waals surface area contributed by atoms with Crippen LogP contribution in [0.5, 0.6) is 0 Å². The van der Waals surface area contributed by atoms with Crippen LogP contribution < -0.4 is 4.90 Å². The number of aromatic nitrogens is 1. The van der Waals surface area contributed by atoms with Gasteiger partial charge in [-0.15, -0.1) is 0 Å². The topological polar surface area (TPSA) is 56.7 Å². The molecule has 132 valence electrons. The zero-order valence-electron chi connectivity index (χ0n) is 14.9. The number of nitrogens with zero attached hydrogens (tertiary/aromatic N) is 3. The van der Waals surface area contributed by atoms with Gasteiger partial charge in [0.2, 0.25) is 0 Å². The summed E-state index contributed by atoms with van der Waals surface area (Å²) >= 11 is 0. The minimum absolute atomic E-state index is 0.0132. The first kappa shape index (κ1) is 17.6. The summed E-state index contributed by atoms with van der Waals surface area (Å²) in [5, 5.41) is 10.4. The fourth-order valence-corrected chi connectivity index (χ4v) is 3.09. The Labute approximate surface area is 148 Å². The van der Waals surface area contributed by atoms with E-state index in [0.717, 1.165) is 26.2 Å². The number of benzene rings is 1. The molecule has 0 spiro atoms. The van der Waals surface area contributed by atoms with Crippen molar-refractivity contribution in [3.8, 4) is 0 Å². The van der Waals surface area contributed by atoms with Gasteiger partial charge in [-0.3, -0.25) is 14.7 Å². The van der Waals surface area contributed by atoms with Crippen LogP contribution in [0.4, 0.5) is 5.69 Å². The van der Waals surface area contributed by atoms with Gasteiger partial charge in [-0.1, -0.05) is 17.7 Å². The van der Waals surface area contributed by atoms with Gasteiger partial charge in [0.15, 0.2) is 5.78 Å². The highest BCUT2D eigenvalue weighted by Gasteiger charge is 2.20. The molecule has 3 rings (SSSR count). The predicted octanol–water partition coefficient (Wildman–Crippen LogP) is 2.45. The molecule has 2 heterocycles. The van der Waals surface area contributed by atoms with Crippen LogP contribution in [0.15, 0.2) is 42.6 Å². The molecule has 1 atom stereocenters. The van der Waals surface area contributed by atoms with Gasteiger partial charge in [0.25, 0.3) is 0 Å². The minimum atomic E-state index is -0.632.